The molecule has 2 aromatic carbocycles. The summed E-state index contributed by atoms with van der Waals surface area (Å²) in [5.41, 5.74) is 4.91. The summed E-state index contributed by atoms with van der Waals surface area (Å²) < 4.78 is 4.78. The van der Waals surface area contributed by atoms with Crippen LogP contribution in [0.3, 0.4) is 0 Å². The largest absolute Gasteiger partial charge is 0.469 e. The highest BCUT2D eigenvalue weighted by Crippen LogP contribution is 2.34. The van der Waals surface area contributed by atoms with Gasteiger partial charge in [0.15, 0.2) is 0 Å². The molecule has 45 heavy (non-hydrogen) atoms. The van der Waals surface area contributed by atoms with Crippen molar-refractivity contribution in [3.63, 3.8) is 0 Å². The monoisotopic (exact) mass is 656 g/mol. The van der Waals surface area contributed by atoms with E-state index in [0.717, 1.165) is 109 Å². The predicted octanol–water partition coefficient (Wildman–Crippen LogP) is 6.50. The van der Waals surface area contributed by atoms with Crippen molar-refractivity contribution in [2.45, 2.75) is 64.5 Å². The molecular weight excluding hydrogens is 607 g/mol. The van der Waals surface area contributed by atoms with E-state index in [0.29, 0.717) is 22.4 Å². The Balaban J connectivity index is 1.17. The van der Waals surface area contributed by atoms with E-state index in [-0.39, 0.29) is 5.97 Å². The average molecular weight is 658 g/mol. The summed E-state index contributed by atoms with van der Waals surface area (Å²) in [6.45, 7) is 10.4. The number of rotatable bonds is 13. The lowest BCUT2D eigenvalue weighted by molar-refractivity contribution is -0.140. The maximum Gasteiger partial charge on any atom is 0.305 e. The molecule has 1 amide bonds. The first-order valence-electron chi connectivity index (χ1n) is 16.9. The van der Waals surface area contributed by atoms with Gasteiger partial charge in [0.1, 0.15) is 0 Å². The van der Waals surface area contributed by atoms with Crippen molar-refractivity contribution in [3.05, 3.63) is 57.6 Å². The third kappa shape index (κ3) is 10.4. The average Bonchev–Trinajstić information content (AvgIpc) is 3.04. The second-order valence-electron chi connectivity index (χ2n) is 13.4. The molecule has 0 aliphatic carbocycles. The third-order valence-electron chi connectivity index (χ3n) is 10.3. The summed E-state index contributed by atoms with van der Waals surface area (Å²) in [7, 11) is 1.47. The SMILES string of the molecule is COC(=O)CCCN1CCC(C2CCN(Cc3cc(CN4CCC(CNC=O)CC4)cc(-c4cc(Cl)cc(Cl)c4)c3)CC2)CC1. The van der Waals surface area contributed by atoms with Crippen molar-refractivity contribution in [3.8, 4) is 11.1 Å². The lowest BCUT2D eigenvalue weighted by Crippen LogP contribution is -2.41. The van der Waals surface area contributed by atoms with Crippen LogP contribution in [0.25, 0.3) is 11.1 Å². The molecule has 0 unspecified atom stereocenters. The van der Waals surface area contributed by atoms with E-state index in [1.54, 1.807) is 6.07 Å². The Labute approximate surface area is 279 Å². The highest BCUT2D eigenvalue weighted by Gasteiger charge is 2.29. The molecule has 3 saturated heterocycles. The Morgan fingerprint density at radius 2 is 1.29 bits per heavy atom. The number of benzene rings is 2. The summed E-state index contributed by atoms with van der Waals surface area (Å²) in [6, 6.07) is 12.8. The molecule has 0 atom stereocenters. The summed E-state index contributed by atoms with van der Waals surface area (Å²) in [5.74, 6) is 2.11. The first kappa shape index (κ1) is 34.2. The topological polar surface area (TPSA) is 65.1 Å². The lowest BCUT2D eigenvalue weighted by Gasteiger charge is -2.40. The number of nitrogens with zero attached hydrogens (tertiary/aromatic N) is 3. The number of ether oxygens (including phenoxy) is 1. The second-order valence-corrected chi connectivity index (χ2v) is 14.3. The molecule has 2 aromatic rings. The maximum atomic E-state index is 11.4. The molecule has 3 aliphatic rings. The molecule has 5 rings (SSSR count). The summed E-state index contributed by atoms with van der Waals surface area (Å²) >= 11 is 12.8. The number of nitrogens with one attached hydrogen (secondary N) is 1. The van der Waals surface area contributed by atoms with E-state index in [9.17, 15) is 9.59 Å². The predicted molar refractivity (Wildman–Crippen MR) is 182 cm³/mol. The van der Waals surface area contributed by atoms with Gasteiger partial charge in [-0.05, 0) is 161 Å². The first-order chi connectivity index (χ1) is 21.9. The van der Waals surface area contributed by atoms with Crippen molar-refractivity contribution in [2.75, 3.05) is 59.5 Å². The molecule has 3 heterocycles. The molecule has 0 aromatic heterocycles. The zero-order valence-electron chi connectivity index (χ0n) is 26.8. The molecular formula is C36H50Cl2N4O3. The standard InChI is InChI=1S/C36H50Cl2N4O3/c1-45-36(44)3-2-10-40-13-6-30(7-14-40)31-8-15-42(16-9-31)25-29-17-28(24-41-11-4-27(5-12-41)23-39-26-43)18-32(19-29)33-20-34(37)22-35(38)21-33/h17-22,26-27,30-31H,2-16,23-25H2,1H3,(H,39,43). The number of carbonyl (C=O) groups is 2. The van der Waals surface area contributed by atoms with Gasteiger partial charge in [0.2, 0.25) is 6.41 Å². The number of halogens is 2. The number of methoxy groups -OCH3 is 1. The summed E-state index contributed by atoms with van der Waals surface area (Å²) in [5, 5.41) is 4.17. The Kier molecular flexibility index (Phi) is 13.0. The van der Waals surface area contributed by atoms with Crippen LogP contribution in [0.15, 0.2) is 36.4 Å². The van der Waals surface area contributed by atoms with Gasteiger partial charge in [-0.1, -0.05) is 29.3 Å². The van der Waals surface area contributed by atoms with Crippen LogP contribution in [0.4, 0.5) is 0 Å². The number of hydrogen-bond acceptors (Lipinski definition) is 6. The van der Waals surface area contributed by atoms with Gasteiger partial charge in [-0.25, -0.2) is 0 Å². The normalized spacial score (nSPS) is 19.9. The van der Waals surface area contributed by atoms with Crippen LogP contribution in [0.2, 0.25) is 10.0 Å². The summed E-state index contributed by atoms with van der Waals surface area (Å²) in [4.78, 5) is 29.9. The first-order valence-corrected chi connectivity index (χ1v) is 17.6. The Hall–Kier alpha value is -2.16. The smallest absolute Gasteiger partial charge is 0.305 e. The van der Waals surface area contributed by atoms with E-state index in [1.165, 1.54) is 49.5 Å². The molecule has 0 bridgehead atoms. The van der Waals surface area contributed by atoms with Crippen molar-refractivity contribution >= 4 is 35.6 Å². The van der Waals surface area contributed by atoms with Gasteiger partial charge in [-0.3, -0.25) is 19.4 Å². The van der Waals surface area contributed by atoms with Crippen molar-refractivity contribution in [1.82, 2.24) is 20.0 Å². The molecule has 3 aliphatic heterocycles. The molecule has 1 N–H and O–H groups in total. The molecule has 0 radical (unpaired) electrons. The quantitative estimate of drug-likeness (QED) is 0.196. The maximum absolute atomic E-state index is 11.4. The highest BCUT2D eigenvalue weighted by atomic mass is 35.5. The summed E-state index contributed by atoms with van der Waals surface area (Å²) in [6.07, 6.45) is 9.55. The van der Waals surface area contributed by atoms with E-state index in [4.69, 9.17) is 27.9 Å². The second kappa shape index (κ2) is 17.1. The van der Waals surface area contributed by atoms with E-state index >= 15 is 0 Å². The lowest BCUT2D eigenvalue weighted by atomic mass is 9.78. The van der Waals surface area contributed by atoms with E-state index in [1.807, 2.05) is 12.1 Å². The Morgan fingerprint density at radius 3 is 1.82 bits per heavy atom. The zero-order chi connectivity index (χ0) is 31.6. The van der Waals surface area contributed by atoms with E-state index < -0.39 is 0 Å². The molecule has 3 fully saturated rings. The highest BCUT2D eigenvalue weighted by molar-refractivity contribution is 6.35. The molecule has 9 heteroatoms. The number of esters is 1. The Bertz CT molecular complexity index is 1230. The fraction of sp³-hybridized carbons (Fsp3) is 0.611. The Morgan fingerprint density at radius 1 is 0.778 bits per heavy atom. The van der Waals surface area contributed by atoms with Gasteiger partial charge in [-0.2, -0.15) is 0 Å². The fourth-order valence-corrected chi connectivity index (χ4v) is 8.22. The van der Waals surface area contributed by atoms with Gasteiger partial charge in [-0.15, -0.1) is 0 Å². The number of hydrogen-bond donors (Lipinski definition) is 1. The number of piperidine rings is 3. The number of carbonyl (C=O) groups excluding carboxylic acids is 2. The van der Waals surface area contributed by atoms with Crippen molar-refractivity contribution in [2.24, 2.45) is 17.8 Å². The van der Waals surface area contributed by atoms with Crippen LogP contribution >= 0.6 is 23.2 Å². The van der Waals surface area contributed by atoms with Gasteiger partial charge < -0.3 is 15.0 Å². The van der Waals surface area contributed by atoms with Gasteiger partial charge in [0.05, 0.1) is 7.11 Å². The van der Waals surface area contributed by atoms with Crippen LogP contribution in [0, 0.1) is 17.8 Å². The fourth-order valence-electron chi connectivity index (χ4n) is 7.69. The third-order valence-corrected chi connectivity index (χ3v) is 10.7. The minimum atomic E-state index is -0.102. The van der Waals surface area contributed by atoms with Crippen LogP contribution in [0.5, 0.6) is 0 Å². The van der Waals surface area contributed by atoms with Gasteiger partial charge >= 0.3 is 5.97 Å². The minimum absolute atomic E-state index is 0.102. The van der Waals surface area contributed by atoms with Crippen LogP contribution in [-0.4, -0.2) is 86.5 Å². The van der Waals surface area contributed by atoms with Crippen LogP contribution in [-0.2, 0) is 27.4 Å². The van der Waals surface area contributed by atoms with Gasteiger partial charge in [0, 0.05) is 36.1 Å². The molecule has 0 spiro atoms. The number of amides is 1. The van der Waals surface area contributed by atoms with Crippen LogP contribution in [0.1, 0.15) is 62.5 Å². The van der Waals surface area contributed by atoms with Crippen molar-refractivity contribution in [1.29, 1.82) is 0 Å². The van der Waals surface area contributed by atoms with E-state index in [2.05, 4.69) is 38.2 Å². The number of likely N-dealkylation sites (tertiary alicyclic amines) is 3. The molecule has 246 valence electrons. The van der Waals surface area contributed by atoms with Crippen LogP contribution < -0.4 is 5.32 Å². The van der Waals surface area contributed by atoms with Gasteiger partial charge in [0.25, 0.3) is 0 Å². The minimum Gasteiger partial charge on any atom is -0.469 e. The molecule has 0 saturated carbocycles. The molecule has 7 nitrogen and oxygen atoms in total. The van der Waals surface area contributed by atoms with Crippen molar-refractivity contribution < 1.29 is 14.3 Å². The zero-order valence-corrected chi connectivity index (χ0v) is 28.3.